The summed E-state index contributed by atoms with van der Waals surface area (Å²) in [7, 11) is -4.17. The van der Waals surface area contributed by atoms with Crippen LogP contribution in [0.4, 0.5) is 0 Å². The molecule has 0 aromatic heterocycles. The van der Waals surface area contributed by atoms with Crippen molar-refractivity contribution in [3.05, 3.63) is 0 Å². The van der Waals surface area contributed by atoms with Gasteiger partial charge in [0.2, 0.25) is 5.91 Å². The first-order chi connectivity index (χ1) is 8.17. The third kappa shape index (κ3) is 7.20. The molecule has 0 aromatic carbocycles. The number of hydrogen-bond donors (Lipinski definition) is 3. The van der Waals surface area contributed by atoms with Crippen LogP contribution in [0.1, 0.15) is 19.8 Å². The zero-order valence-corrected chi connectivity index (χ0v) is 10.9. The van der Waals surface area contributed by atoms with Gasteiger partial charge < -0.3 is 15.7 Å². The third-order valence-corrected chi connectivity index (χ3v) is 2.83. The summed E-state index contributed by atoms with van der Waals surface area (Å²) in [5, 5.41) is 8.52. The maximum atomic E-state index is 11.7. The largest absolute Gasteiger partial charge is 0.481 e. The van der Waals surface area contributed by atoms with Crippen LogP contribution in [-0.4, -0.2) is 59.7 Å². The number of carbonyl (C=O) groups excluding carboxylic acids is 1. The molecular weight excluding hydrogens is 264 g/mol. The maximum absolute atomic E-state index is 11.7. The highest BCUT2D eigenvalue weighted by Crippen LogP contribution is 2.00. The minimum atomic E-state index is -4.17. The summed E-state index contributed by atoms with van der Waals surface area (Å²) >= 11 is 0. The molecule has 0 saturated heterocycles. The van der Waals surface area contributed by atoms with E-state index >= 15 is 0 Å². The molecule has 0 aliphatic rings. The van der Waals surface area contributed by atoms with Gasteiger partial charge in [-0.3, -0.25) is 14.1 Å². The molecule has 106 valence electrons. The van der Waals surface area contributed by atoms with Crippen LogP contribution in [0.15, 0.2) is 0 Å². The van der Waals surface area contributed by atoms with E-state index in [9.17, 15) is 18.0 Å². The molecule has 1 amide bonds. The monoisotopic (exact) mass is 282 g/mol. The second kappa shape index (κ2) is 7.29. The standard InChI is InChI=1S/C9H18N2O6S/c1-2-3-11(4-5-18(15,16)17)9(14)7(10)6-8(12)13/h7H,2-6,10H2,1H3,(H,12,13)(H,15,16,17). The lowest BCUT2D eigenvalue weighted by Gasteiger charge is -2.24. The molecule has 0 rings (SSSR count). The van der Waals surface area contributed by atoms with Crippen LogP contribution in [0.2, 0.25) is 0 Å². The number of carboxylic acids is 1. The molecule has 0 aliphatic carbocycles. The minimum absolute atomic E-state index is 0.209. The van der Waals surface area contributed by atoms with Crippen LogP contribution < -0.4 is 5.73 Å². The molecular formula is C9H18N2O6S. The highest BCUT2D eigenvalue weighted by atomic mass is 32.2. The van der Waals surface area contributed by atoms with Gasteiger partial charge in [-0.2, -0.15) is 8.42 Å². The number of amides is 1. The van der Waals surface area contributed by atoms with Crippen LogP contribution in [-0.2, 0) is 19.7 Å². The first kappa shape index (κ1) is 16.8. The van der Waals surface area contributed by atoms with E-state index in [-0.39, 0.29) is 13.1 Å². The summed E-state index contributed by atoms with van der Waals surface area (Å²) in [5.41, 5.74) is 5.40. The van der Waals surface area contributed by atoms with Crippen molar-refractivity contribution in [1.82, 2.24) is 4.90 Å². The second-order valence-electron chi connectivity index (χ2n) is 3.82. The first-order valence-corrected chi connectivity index (χ1v) is 6.99. The van der Waals surface area contributed by atoms with E-state index in [1.807, 2.05) is 0 Å². The summed E-state index contributed by atoms with van der Waals surface area (Å²) in [4.78, 5) is 23.3. The Morgan fingerprint density at radius 3 is 2.28 bits per heavy atom. The molecule has 1 unspecified atom stereocenters. The van der Waals surface area contributed by atoms with E-state index < -0.39 is 40.2 Å². The quantitative estimate of drug-likeness (QED) is 0.481. The Balaban J connectivity index is 4.57. The predicted octanol–water partition coefficient (Wildman–Crippen LogP) is -1.09. The molecule has 9 heteroatoms. The Morgan fingerprint density at radius 1 is 1.33 bits per heavy atom. The van der Waals surface area contributed by atoms with Crippen molar-refractivity contribution in [2.45, 2.75) is 25.8 Å². The van der Waals surface area contributed by atoms with Crippen LogP contribution in [0, 0.1) is 0 Å². The molecule has 0 fully saturated rings. The fourth-order valence-corrected chi connectivity index (χ4v) is 1.79. The highest BCUT2D eigenvalue weighted by molar-refractivity contribution is 7.85. The highest BCUT2D eigenvalue weighted by Gasteiger charge is 2.23. The molecule has 1 atom stereocenters. The number of nitrogens with zero attached hydrogens (tertiary/aromatic N) is 1. The summed E-state index contributed by atoms with van der Waals surface area (Å²) < 4.78 is 29.8. The van der Waals surface area contributed by atoms with Gasteiger partial charge in [0.15, 0.2) is 0 Å². The van der Waals surface area contributed by atoms with Gasteiger partial charge in [-0.1, -0.05) is 6.92 Å². The number of carboxylic acid groups (broad SMARTS) is 1. The Kier molecular flexibility index (Phi) is 6.81. The van der Waals surface area contributed by atoms with Gasteiger partial charge in [0.25, 0.3) is 10.1 Å². The second-order valence-corrected chi connectivity index (χ2v) is 5.39. The Morgan fingerprint density at radius 2 is 1.89 bits per heavy atom. The van der Waals surface area contributed by atoms with Crippen molar-refractivity contribution < 1.29 is 27.7 Å². The lowest BCUT2D eigenvalue weighted by Crippen LogP contribution is -2.46. The van der Waals surface area contributed by atoms with Gasteiger partial charge in [-0.15, -0.1) is 0 Å². The van der Waals surface area contributed by atoms with Gasteiger partial charge in [0.1, 0.15) is 0 Å². The van der Waals surface area contributed by atoms with Crippen molar-refractivity contribution in [2.24, 2.45) is 5.73 Å². The van der Waals surface area contributed by atoms with Gasteiger partial charge in [0, 0.05) is 13.1 Å². The molecule has 0 spiro atoms. The van der Waals surface area contributed by atoms with Crippen molar-refractivity contribution in [2.75, 3.05) is 18.8 Å². The fraction of sp³-hybridized carbons (Fsp3) is 0.778. The molecule has 8 nitrogen and oxygen atoms in total. The van der Waals surface area contributed by atoms with E-state index in [4.69, 9.17) is 15.4 Å². The topological polar surface area (TPSA) is 138 Å². The lowest BCUT2D eigenvalue weighted by atomic mass is 10.2. The predicted molar refractivity (Wildman–Crippen MR) is 63.5 cm³/mol. The summed E-state index contributed by atoms with van der Waals surface area (Å²) in [6.07, 6.45) is 0.0436. The molecule has 0 aliphatic heterocycles. The molecule has 0 radical (unpaired) electrons. The molecule has 0 heterocycles. The smallest absolute Gasteiger partial charge is 0.305 e. The van der Waals surface area contributed by atoms with Crippen LogP contribution in [0.3, 0.4) is 0 Å². The zero-order valence-electron chi connectivity index (χ0n) is 10.1. The van der Waals surface area contributed by atoms with E-state index in [0.717, 1.165) is 4.90 Å². The average molecular weight is 282 g/mol. The third-order valence-electron chi connectivity index (χ3n) is 2.14. The SMILES string of the molecule is CCCN(CCS(=O)(=O)O)C(=O)C(N)CC(=O)O. The number of carbonyl (C=O) groups is 2. The van der Waals surface area contributed by atoms with Gasteiger partial charge in [-0.25, -0.2) is 0 Å². The van der Waals surface area contributed by atoms with E-state index in [0.29, 0.717) is 6.42 Å². The molecule has 4 N–H and O–H groups in total. The molecule has 0 saturated carbocycles. The number of aliphatic carboxylic acids is 1. The molecule has 18 heavy (non-hydrogen) atoms. The molecule has 0 bridgehead atoms. The number of hydrogen-bond acceptors (Lipinski definition) is 5. The maximum Gasteiger partial charge on any atom is 0.305 e. The van der Waals surface area contributed by atoms with Gasteiger partial charge in [0.05, 0.1) is 18.2 Å². The Labute approximate surface area is 106 Å². The van der Waals surface area contributed by atoms with Gasteiger partial charge in [-0.05, 0) is 6.42 Å². The van der Waals surface area contributed by atoms with Crippen molar-refractivity contribution >= 4 is 22.0 Å². The van der Waals surface area contributed by atoms with Crippen LogP contribution >= 0.6 is 0 Å². The van der Waals surface area contributed by atoms with E-state index in [1.165, 1.54) is 0 Å². The van der Waals surface area contributed by atoms with Crippen LogP contribution in [0.25, 0.3) is 0 Å². The van der Waals surface area contributed by atoms with Gasteiger partial charge >= 0.3 is 5.97 Å². The lowest BCUT2D eigenvalue weighted by molar-refractivity contribution is -0.141. The van der Waals surface area contributed by atoms with E-state index in [1.54, 1.807) is 6.92 Å². The normalized spacial score (nSPS) is 13.1. The van der Waals surface area contributed by atoms with Crippen molar-refractivity contribution in [1.29, 1.82) is 0 Å². The van der Waals surface area contributed by atoms with Crippen LogP contribution in [0.5, 0.6) is 0 Å². The molecule has 0 aromatic rings. The minimum Gasteiger partial charge on any atom is -0.481 e. The fourth-order valence-electron chi connectivity index (χ4n) is 1.34. The summed E-state index contributed by atoms with van der Waals surface area (Å²) in [6.45, 7) is 1.82. The zero-order chi connectivity index (χ0) is 14.3. The first-order valence-electron chi connectivity index (χ1n) is 5.38. The number of nitrogens with two attached hydrogens (primary N) is 1. The van der Waals surface area contributed by atoms with Crippen molar-refractivity contribution in [3.63, 3.8) is 0 Å². The Hall–Kier alpha value is -1.19. The van der Waals surface area contributed by atoms with Crippen molar-refractivity contribution in [3.8, 4) is 0 Å². The summed E-state index contributed by atoms with van der Waals surface area (Å²) in [5.74, 6) is -2.44. The summed E-state index contributed by atoms with van der Waals surface area (Å²) in [6, 6.07) is -1.21. The Bertz CT molecular complexity index is 394. The van der Waals surface area contributed by atoms with E-state index in [2.05, 4.69) is 0 Å². The number of rotatable bonds is 8. The average Bonchev–Trinajstić information content (AvgIpc) is 2.20.